The molecule has 0 radical (unpaired) electrons. The molecule has 0 saturated carbocycles. The Kier molecular flexibility index (Phi) is 4.99. The van der Waals surface area contributed by atoms with Crippen molar-refractivity contribution >= 4 is 68.0 Å². The van der Waals surface area contributed by atoms with E-state index >= 15 is 0 Å². The Labute approximate surface area is 260 Å². The van der Waals surface area contributed by atoms with E-state index in [1.54, 1.807) is 0 Å². The quantitative estimate of drug-likeness (QED) is 0.190. The molecule has 2 aliphatic heterocycles. The van der Waals surface area contributed by atoms with Gasteiger partial charge in [-0.3, -0.25) is 0 Å². The van der Waals surface area contributed by atoms with E-state index in [2.05, 4.69) is 160 Å². The first-order valence-electron chi connectivity index (χ1n) is 15.1. The largest absolute Gasteiger partial charge is 0.375 e. The van der Waals surface area contributed by atoms with E-state index in [0.717, 1.165) is 0 Å². The summed E-state index contributed by atoms with van der Waals surface area (Å²) in [5.74, 6) is 0. The molecule has 0 fully saturated rings. The second-order valence-corrected chi connectivity index (χ2v) is 12.6. The van der Waals surface area contributed by atoms with Crippen LogP contribution in [-0.4, -0.2) is 11.3 Å². The maximum Gasteiger partial charge on any atom is 0.333 e. The highest BCUT2D eigenvalue weighted by Gasteiger charge is 2.43. The molecule has 2 aromatic heterocycles. The third-order valence-corrected chi connectivity index (χ3v) is 10.4. The summed E-state index contributed by atoms with van der Waals surface area (Å²) in [6.07, 6.45) is 0. The fourth-order valence-electron chi connectivity index (χ4n) is 7.57. The van der Waals surface area contributed by atoms with Crippen LogP contribution in [0, 0.1) is 0 Å². The smallest absolute Gasteiger partial charge is 0.333 e. The number of hydrogen-bond donors (Lipinski definition) is 0. The molecule has 0 bridgehead atoms. The van der Waals surface area contributed by atoms with Gasteiger partial charge in [0.05, 0.1) is 5.69 Å². The van der Waals surface area contributed by atoms with Crippen LogP contribution < -0.4 is 15.8 Å². The molecule has 0 saturated heterocycles. The normalized spacial score (nSPS) is 12.9. The van der Waals surface area contributed by atoms with Crippen molar-refractivity contribution in [3.8, 4) is 32.7 Å². The highest BCUT2D eigenvalue weighted by molar-refractivity contribution is 7.17. The molecule has 0 amide bonds. The number of benzene rings is 6. The van der Waals surface area contributed by atoms with Crippen molar-refractivity contribution < 1.29 is 0 Å². The van der Waals surface area contributed by atoms with Crippen LogP contribution in [0.2, 0.25) is 0 Å². The third-order valence-electron chi connectivity index (χ3n) is 9.42. The summed E-state index contributed by atoms with van der Waals surface area (Å²) < 4.78 is 2.64. The highest BCUT2D eigenvalue weighted by Crippen LogP contribution is 2.49. The van der Waals surface area contributed by atoms with Crippen LogP contribution in [-0.2, 0) is 0 Å². The zero-order chi connectivity index (χ0) is 28.8. The Hall–Kier alpha value is -5.32. The average molecular weight is 577 g/mol. The van der Waals surface area contributed by atoms with Crippen molar-refractivity contribution in [2.75, 3.05) is 4.90 Å². The Bertz CT molecular complexity index is 2390. The van der Waals surface area contributed by atoms with Crippen molar-refractivity contribution in [2.45, 2.75) is 0 Å². The molecule has 0 atom stereocenters. The Morgan fingerprint density at radius 3 is 1.95 bits per heavy atom. The van der Waals surface area contributed by atoms with Gasteiger partial charge in [-0.2, -0.15) is 0 Å². The highest BCUT2D eigenvalue weighted by atomic mass is 32.1. The van der Waals surface area contributed by atoms with Gasteiger partial charge < -0.3 is 9.38 Å². The lowest BCUT2D eigenvalue weighted by Gasteiger charge is -2.37. The van der Waals surface area contributed by atoms with E-state index in [9.17, 15) is 0 Å². The molecule has 0 unspecified atom stereocenters. The van der Waals surface area contributed by atoms with Gasteiger partial charge in [0.2, 0.25) is 0 Å². The Balaban J connectivity index is 1.34. The molecule has 44 heavy (non-hydrogen) atoms. The fraction of sp³-hybridized carbons (Fsp3) is 0. The molecule has 0 aliphatic carbocycles. The molecular formula is C40H25BN2S. The molecule has 6 aromatic carbocycles. The number of thiophene rings is 1. The van der Waals surface area contributed by atoms with E-state index in [4.69, 9.17) is 0 Å². The molecule has 4 heteroatoms. The summed E-state index contributed by atoms with van der Waals surface area (Å²) in [7, 11) is 0. The molecule has 0 N–H and O–H groups in total. The number of anilines is 3. The zero-order valence-electron chi connectivity index (χ0n) is 23.8. The van der Waals surface area contributed by atoms with Crippen molar-refractivity contribution in [2.24, 2.45) is 0 Å². The van der Waals surface area contributed by atoms with Crippen LogP contribution in [0.15, 0.2) is 151 Å². The van der Waals surface area contributed by atoms with Gasteiger partial charge in [-0.25, -0.2) is 0 Å². The minimum Gasteiger partial charge on any atom is -0.375 e. The number of fused-ring (bicyclic) bond motifs is 7. The SMILES string of the molecule is c1ccc(-c2ccc3c(c2)c2cc(-c4ccccc4)cc4c2n3B2c3ccccc3N(c3ccccc3)c3csc-4c32)cc1. The second-order valence-electron chi connectivity index (χ2n) is 11.8. The van der Waals surface area contributed by atoms with Gasteiger partial charge in [0, 0.05) is 49.0 Å². The minimum absolute atomic E-state index is 0.0973. The van der Waals surface area contributed by atoms with Crippen LogP contribution in [0.5, 0.6) is 0 Å². The third kappa shape index (κ3) is 3.26. The van der Waals surface area contributed by atoms with Gasteiger partial charge in [-0.15, -0.1) is 11.3 Å². The molecular weight excluding hydrogens is 551 g/mol. The first-order chi connectivity index (χ1) is 21.8. The van der Waals surface area contributed by atoms with Gasteiger partial charge in [0.25, 0.3) is 0 Å². The number of rotatable bonds is 3. The van der Waals surface area contributed by atoms with E-state index in [1.807, 2.05) is 11.3 Å². The Morgan fingerprint density at radius 1 is 0.523 bits per heavy atom. The lowest BCUT2D eigenvalue weighted by Crippen LogP contribution is -2.55. The van der Waals surface area contributed by atoms with Crippen molar-refractivity contribution in [1.82, 2.24) is 4.48 Å². The molecule has 2 nitrogen and oxygen atoms in total. The number of para-hydroxylation sites is 2. The number of hydrogen-bond acceptors (Lipinski definition) is 2. The van der Waals surface area contributed by atoms with Crippen molar-refractivity contribution in [3.05, 3.63) is 151 Å². The average Bonchev–Trinajstić information content (AvgIpc) is 3.68. The first-order valence-corrected chi connectivity index (χ1v) is 16.0. The fourth-order valence-corrected chi connectivity index (χ4v) is 8.65. The number of nitrogens with zero attached hydrogens (tertiary/aromatic N) is 2. The monoisotopic (exact) mass is 576 g/mol. The summed E-state index contributed by atoms with van der Waals surface area (Å²) in [4.78, 5) is 3.84. The second kappa shape index (κ2) is 9.09. The van der Waals surface area contributed by atoms with Crippen LogP contribution in [0.4, 0.5) is 17.1 Å². The van der Waals surface area contributed by atoms with Crippen molar-refractivity contribution in [3.63, 3.8) is 0 Å². The van der Waals surface area contributed by atoms with E-state index in [-0.39, 0.29) is 6.85 Å². The summed E-state index contributed by atoms with van der Waals surface area (Å²) in [5.41, 5.74) is 15.4. The molecule has 2 aliphatic rings. The zero-order valence-corrected chi connectivity index (χ0v) is 24.6. The van der Waals surface area contributed by atoms with Gasteiger partial charge >= 0.3 is 6.85 Å². The summed E-state index contributed by atoms with van der Waals surface area (Å²) >= 11 is 1.88. The summed E-state index contributed by atoms with van der Waals surface area (Å²) in [6.45, 7) is 0.0973. The van der Waals surface area contributed by atoms with E-state index < -0.39 is 0 Å². The van der Waals surface area contributed by atoms with E-state index in [1.165, 1.54) is 82.5 Å². The molecule has 8 aromatic rings. The van der Waals surface area contributed by atoms with Gasteiger partial charge in [0.1, 0.15) is 0 Å². The lowest BCUT2D eigenvalue weighted by atomic mass is 9.46. The topological polar surface area (TPSA) is 8.17 Å². The Morgan fingerprint density at radius 2 is 1.18 bits per heavy atom. The number of aromatic nitrogens is 1. The maximum absolute atomic E-state index is 2.64. The first kappa shape index (κ1) is 24.2. The van der Waals surface area contributed by atoms with Crippen LogP contribution in [0.1, 0.15) is 0 Å². The van der Waals surface area contributed by atoms with Gasteiger partial charge in [-0.1, -0.05) is 103 Å². The molecule has 204 valence electrons. The standard InChI is InChI=1S/C40H25BN2S/c1-4-12-26(13-5-1)28-20-21-35-31(22-28)32-23-29(27-14-6-2-7-15-27)24-33-39(32)43(35)41-34-18-10-11-19-36(34)42(30-16-8-3-9-17-30)37-25-44-40(33)38(37)41/h1-25H. The van der Waals surface area contributed by atoms with Crippen molar-refractivity contribution in [1.29, 1.82) is 0 Å². The van der Waals surface area contributed by atoms with E-state index in [0.29, 0.717) is 0 Å². The predicted molar refractivity (Wildman–Crippen MR) is 189 cm³/mol. The summed E-state index contributed by atoms with van der Waals surface area (Å²) in [5, 5.41) is 5.00. The molecule has 10 rings (SSSR count). The molecule has 4 heterocycles. The molecule has 0 spiro atoms. The van der Waals surface area contributed by atoms with Gasteiger partial charge in [-0.05, 0) is 75.6 Å². The predicted octanol–water partition coefficient (Wildman–Crippen LogP) is 9.61. The maximum atomic E-state index is 2.64. The minimum atomic E-state index is 0.0973. The lowest BCUT2D eigenvalue weighted by molar-refractivity contribution is 1.27. The van der Waals surface area contributed by atoms with Crippen LogP contribution >= 0.6 is 11.3 Å². The summed E-state index contributed by atoms with van der Waals surface area (Å²) in [6, 6.07) is 53.3. The van der Waals surface area contributed by atoms with Gasteiger partial charge in [0.15, 0.2) is 0 Å². The van der Waals surface area contributed by atoms with Crippen LogP contribution in [0.3, 0.4) is 0 Å². The van der Waals surface area contributed by atoms with Crippen LogP contribution in [0.25, 0.3) is 54.5 Å².